The lowest BCUT2D eigenvalue weighted by Crippen LogP contribution is -2.61. The molecule has 2 aliphatic rings. The van der Waals surface area contributed by atoms with E-state index >= 15 is 0 Å². The predicted molar refractivity (Wildman–Crippen MR) is 91.2 cm³/mol. The maximum atomic E-state index is 13.4. The lowest BCUT2D eigenvalue weighted by atomic mass is 9.88. The van der Waals surface area contributed by atoms with Gasteiger partial charge in [0.25, 0.3) is 5.91 Å². The van der Waals surface area contributed by atoms with Crippen molar-refractivity contribution < 1.29 is 13.9 Å². The number of ether oxygens (including phenoxy) is 1. The summed E-state index contributed by atoms with van der Waals surface area (Å²) in [5.41, 5.74) is 0.783. The van der Waals surface area contributed by atoms with Crippen LogP contribution >= 0.6 is 0 Å². The third-order valence-electron chi connectivity index (χ3n) is 5.27. The van der Waals surface area contributed by atoms with Gasteiger partial charge in [0, 0.05) is 32.7 Å². The van der Waals surface area contributed by atoms with Crippen molar-refractivity contribution in [3.8, 4) is 6.07 Å². The molecule has 2 aliphatic heterocycles. The number of rotatable bonds is 3. The summed E-state index contributed by atoms with van der Waals surface area (Å²) in [6, 6.07) is 6.60. The minimum absolute atomic E-state index is 0.0749. The van der Waals surface area contributed by atoms with Crippen LogP contribution in [0, 0.1) is 17.1 Å². The Morgan fingerprint density at radius 3 is 2.76 bits per heavy atom. The predicted octanol–water partition coefficient (Wildman–Crippen LogP) is 2.30. The number of nitrogens with zero attached hydrogens (tertiary/aromatic N) is 3. The Hall–Kier alpha value is -1.97. The number of piperidine rings is 1. The zero-order valence-corrected chi connectivity index (χ0v) is 14.8. The second-order valence-electron chi connectivity index (χ2n) is 7.00. The highest BCUT2D eigenvalue weighted by Gasteiger charge is 2.44. The van der Waals surface area contributed by atoms with Crippen molar-refractivity contribution in [2.45, 2.75) is 44.9 Å². The lowest BCUT2D eigenvalue weighted by Gasteiger charge is -2.49. The number of hydrogen-bond donors (Lipinski definition) is 0. The lowest BCUT2D eigenvalue weighted by molar-refractivity contribution is -0.189. The minimum atomic E-state index is -0.474. The van der Waals surface area contributed by atoms with Crippen molar-refractivity contribution in [1.29, 1.82) is 5.26 Å². The zero-order chi connectivity index (χ0) is 18.0. The van der Waals surface area contributed by atoms with Gasteiger partial charge in [0.2, 0.25) is 0 Å². The molecule has 1 amide bonds. The molecule has 0 bridgehead atoms. The maximum Gasteiger partial charge on any atom is 0.251 e. The van der Waals surface area contributed by atoms with E-state index < -0.39 is 5.82 Å². The molecule has 0 N–H and O–H groups in total. The third kappa shape index (κ3) is 3.68. The normalized spacial score (nSPS) is 23.7. The Labute approximate surface area is 148 Å². The van der Waals surface area contributed by atoms with Crippen molar-refractivity contribution in [1.82, 2.24) is 9.80 Å². The van der Waals surface area contributed by atoms with Gasteiger partial charge < -0.3 is 9.64 Å². The smallest absolute Gasteiger partial charge is 0.251 e. The summed E-state index contributed by atoms with van der Waals surface area (Å²) in [5, 5.41) is 8.96. The molecule has 134 valence electrons. The van der Waals surface area contributed by atoms with Crippen LogP contribution in [0.15, 0.2) is 18.2 Å². The Balaban J connectivity index is 1.62. The van der Waals surface area contributed by atoms with Crippen LogP contribution in [0.2, 0.25) is 0 Å². The first-order chi connectivity index (χ1) is 12.0. The first-order valence-electron chi connectivity index (χ1n) is 8.84. The topological polar surface area (TPSA) is 56.6 Å². The summed E-state index contributed by atoms with van der Waals surface area (Å²) in [4.78, 5) is 16.3. The molecule has 1 spiro atoms. The van der Waals surface area contributed by atoms with Gasteiger partial charge >= 0.3 is 0 Å². The Bertz CT molecular complexity index is 692. The molecule has 1 aromatic carbocycles. The summed E-state index contributed by atoms with van der Waals surface area (Å²) in [6.45, 7) is 7.62. The van der Waals surface area contributed by atoms with Gasteiger partial charge in [0.15, 0.2) is 0 Å². The van der Waals surface area contributed by atoms with Crippen LogP contribution < -0.4 is 0 Å². The van der Waals surface area contributed by atoms with E-state index in [0.717, 1.165) is 31.5 Å². The Morgan fingerprint density at radius 2 is 2.12 bits per heavy atom. The average Bonchev–Trinajstić information content (AvgIpc) is 2.62. The molecule has 0 aliphatic carbocycles. The van der Waals surface area contributed by atoms with Gasteiger partial charge in [-0.3, -0.25) is 9.69 Å². The number of likely N-dealkylation sites (N-methyl/N-ethyl adjacent to an activating group) is 1. The number of likely N-dealkylation sites (tertiary alicyclic amines) is 1. The fourth-order valence-electron chi connectivity index (χ4n) is 3.82. The van der Waals surface area contributed by atoms with Crippen molar-refractivity contribution in [2.24, 2.45) is 0 Å². The summed E-state index contributed by atoms with van der Waals surface area (Å²) in [5.74, 6) is -0.399. The molecule has 0 aromatic heterocycles. The number of hydrogen-bond acceptors (Lipinski definition) is 4. The SMILES string of the molecule is CCN1CC2(CCN(Cc3ccc(F)c(C#N)c3)CC2)O[C@@H](C)C1=O. The first-order valence-corrected chi connectivity index (χ1v) is 8.84. The maximum absolute atomic E-state index is 13.4. The molecule has 2 fully saturated rings. The van der Waals surface area contributed by atoms with E-state index in [0.29, 0.717) is 19.6 Å². The van der Waals surface area contributed by atoms with E-state index in [9.17, 15) is 9.18 Å². The number of halogens is 1. The number of benzene rings is 1. The molecule has 0 radical (unpaired) electrons. The quantitative estimate of drug-likeness (QED) is 0.843. The van der Waals surface area contributed by atoms with Gasteiger partial charge in [-0.25, -0.2) is 4.39 Å². The molecule has 0 saturated carbocycles. The van der Waals surface area contributed by atoms with Crippen molar-refractivity contribution in [2.75, 3.05) is 26.2 Å². The molecule has 1 atom stereocenters. The van der Waals surface area contributed by atoms with Crippen LogP contribution in [0.3, 0.4) is 0 Å². The summed E-state index contributed by atoms with van der Waals surface area (Å²) in [7, 11) is 0. The molecular weight excluding hydrogens is 321 g/mol. The molecule has 3 rings (SSSR count). The van der Waals surface area contributed by atoms with Gasteiger partial charge in [0.05, 0.1) is 11.2 Å². The highest BCUT2D eigenvalue weighted by atomic mass is 19.1. The fourth-order valence-corrected chi connectivity index (χ4v) is 3.82. The number of nitriles is 1. The van der Waals surface area contributed by atoms with Crippen LogP contribution in [0.1, 0.15) is 37.8 Å². The van der Waals surface area contributed by atoms with Crippen molar-refractivity contribution in [3.63, 3.8) is 0 Å². The third-order valence-corrected chi connectivity index (χ3v) is 5.27. The molecule has 2 saturated heterocycles. The van der Waals surface area contributed by atoms with Gasteiger partial charge in [-0.15, -0.1) is 0 Å². The van der Waals surface area contributed by atoms with Crippen LogP contribution in [0.4, 0.5) is 4.39 Å². The highest BCUT2D eigenvalue weighted by Crippen LogP contribution is 2.33. The summed E-state index contributed by atoms with van der Waals surface area (Å²) in [6.07, 6.45) is 1.36. The molecule has 2 heterocycles. The monoisotopic (exact) mass is 345 g/mol. The molecule has 5 nitrogen and oxygen atoms in total. The number of carbonyl (C=O) groups excluding carboxylic acids is 1. The zero-order valence-electron chi connectivity index (χ0n) is 14.8. The standard InChI is InChI=1S/C19H24FN3O2/c1-3-23-13-19(25-14(2)18(23)24)6-8-22(9-7-19)12-15-4-5-17(20)16(10-15)11-21/h4-5,10,14H,3,6-9,12-13H2,1-2H3/t14-/m0/s1. The van der Waals surface area contributed by atoms with Crippen LogP contribution in [-0.4, -0.2) is 53.6 Å². The second-order valence-corrected chi connectivity index (χ2v) is 7.00. The number of carbonyl (C=O) groups is 1. The first kappa shape index (κ1) is 17.8. The van der Waals surface area contributed by atoms with Crippen LogP contribution in [-0.2, 0) is 16.1 Å². The van der Waals surface area contributed by atoms with Crippen molar-refractivity contribution in [3.05, 3.63) is 35.1 Å². The summed E-state index contributed by atoms with van der Waals surface area (Å²) < 4.78 is 19.5. The van der Waals surface area contributed by atoms with Crippen LogP contribution in [0.25, 0.3) is 0 Å². The number of amides is 1. The molecule has 1 aromatic rings. The van der Waals surface area contributed by atoms with Crippen molar-refractivity contribution >= 4 is 5.91 Å². The van der Waals surface area contributed by atoms with E-state index in [2.05, 4.69) is 4.90 Å². The molecule has 6 heteroatoms. The fraction of sp³-hybridized carbons (Fsp3) is 0.579. The average molecular weight is 345 g/mol. The largest absolute Gasteiger partial charge is 0.360 e. The highest BCUT2D eigenvalue weighted by molar-refractivity contribution is 5.81. The van der Waals surface area contributed by atoms with E-state index in [1.165, 1.54) is 6.07 Å². The van der Waals surface area contributed by atoms with E-state index in [4.69, 9.17) is 10.00 Å². The molecule has 0 unspecified atom stereocenters. The van der Waals surface area contributed by atoms with Gasteiger partial charge in [-0.05, 0) is 44.4 Å². The van der Waals surface area contributed by atoms with Gasteiger partial charge in [-0.2, -0.15) is 5.26 Å². The van der Waals surface area contributed by atoms with Gasteiger partial charge in [-0.1, -0.05) is 6.07 Å². The number of morpholine rings is 1. The molecular formula is C19H24FN3O2. The van der Waals surface area contributed by atoms with E-state index in [1.807, 2.05) is 24.8 Å². The van der Waals surface area contributed by atoms with Crippen LogP contribution in [0.5, 0.6) is 0 Å². The Morgan fingerprint density at radius 1 is 1.40 bits per heavy atom. The Kier molecular flexibility index (Phi) is 5.07. The molecule has 25 heavy (non-hydrogen) atoms. The summed E-state index contributed by atoms with van der Waals surface area (Å²) >= 11 is 0. The van der Waals surface area contributed by atoms with Gasteiger partial charge in [0.1, 0.15) is 18.0 Å². The van der Waals surface area contributed by atoms with E-state index in [-0.39, 0.29) is 23.2 Å². The second kappa shape index (κ2) is 7.11. The van der Waals surface area contributed by atoms with E-state index in [1.54, 1.807) is 12.1 Å². The minimum Gasteiger partial charge on any atom is -0.360 e.